The Kier molecular flexibility index (Phi) is 4.65. The number of carbonyl (C=O) groups excluding carboxylic acids is 1. The van der Waals surface area contributed by atoms with Gasteiger partial charge in [-0.25, -0.2) is 4.79 Å². The number of urea groups is 1. The first-order valence-electron chi connectivity index (χ1n) is 5.34. The maximum Gasteiger partial charge on any atom is 0.314 e. The van der Waals surface area contributed by atoms with Crippen LogP contribution in [0, 0.1) is 5.92 Å². The van der Waals surface area contributed by atoms with Crippen LogP contribution in [0.3, 0.4) is 0 Å². The fourth-order valence-corrected chi connectivity index (χ4v) is 1.30. The molecular weight excluding hydrogens is 164 g/mol. The summed E-state index contributed by atoms with van der Waals surface area (Å²) in [7, 11) is 0. The number of rotatable bonds is 6. The molecule has 1 rings (SSSR count). The summed E-state index contributed by atoms with van der Waals surface area (Å²) in [5, 5.41) is 5.64. The minimum absolute atomic E-state index is 0.0161. The average molecular weight is 184 g/mol. The van der Waals surface area contributed by atoms with E-state index in [1.54, 1.807) is 0 Å². The maximum atomic E-state index is 11.0. The van der Waals surface area contributed by atoms with Crippen molar-refractivity contribution in [2.24, 2.45) is 5.92 Å². The van der Waals surface area contributed by atoms with E-state index in [-0.39, 0.29) is 6.03 Å². The summed E-state index contributed by atoms with van der Waals surface area (Å²) in [6.07, 6.45) is 6.22. The second-order valence-corrected chi connectivity index (χ2v) is 3.77. The van der Waals surface area contributed by atoms with Crippen molar-refractivity contribution in [1.29, 1.82) is 0 Å². The predicted octanol–water partition coefficient (Wildman–Crippen LogP) is 1.89. The van der Waals surface area contributed by atoms with E-state index in [4.69, 9.17) is 0 Å². The summed E-state index contributed by atoms with van der Waals surface area (Å²) in [5.41, 5.74) is 0. The molecule has 0 saturated heterocycles. The molecule has 0 radical (unpaired) electrons. The molecule has 76 valence electrons. The number of carbonyl (C=O) groups is 1. The Bertz CT molecular complexity index is 155. The first kappa shape index (κ1) is 10.4. The van der Waals surface area contributed by atoms with Gasteiger partial charge in [-0.2, -0.15) is 0 Å². The molecule has 2 N–H and O–H groups in total. The Morgan fingerprint density at radius 1 is 1.31 bits per heavy atom. The highest BCUT2D eigenvalue weighted by Crippen LogP contribution is 2.33. The molecule has 0 aromatic rings. The molecule has 0 aromatic heterocycles. The van der Waals surface area contributed by atoms with Crippen LogP contribution in [0.25, 0.3) is 0 Å². The number of hydrogen-bond donors (Lipinski definition) is 2. The third-order valence-electron chi connectivity index (χ3n) is 2.31. The lowest BCUT2D eigenvalue weighted by Gasteiger charge is -2.05. The molecule has 0 aliphatic heterocycles. The lowest BCUT2D eigenvalue weighted by Crippen LogP contribution is -2.36. The van der Waals surface area contributed by atoms with Gasteiger partial charge in [0.1, 0.15) is 0 Å². The molecule has 0 heterocycles. The van der Waals surface area contributed by atoms with Crippen LogP contribution >= 0.6 is 0 Å². The number of hydrogen-bond acceptors (Lipinski definition) is 1. The third kappa shape index (κ3) is 5.50. The molecule has 0 spiro atoms. The first-order chi connectivity index (χ1) is 6.33. The van der Waals surface area contributed by atoms with E-state index in [1.165, 1.54) is 19.3 Å². The highest BCUT2D eigenvalue weighted by Gasteiger charge is 2.19. The zero-order valence-corrected chi connectivity index (χ0v) is 8.44. The zero-order chi connectivity index (χ0) is 9.52. The Balaban J connectivity index is 1.82. The van der Waals surface area contributed by atoms with Gasteiger partial charge in [0.15, 0.2) is 0 Å². The summed E-state index contributed by atoms with van der Waals surface area (Å²) < 4.78 is 0. The summed E-state index contributed by atoms with van der Waals surface area (Å²) in [5.74, 6) is 0.973. The Morgan fingerprint density at radius 2 is 2.00 bits per heavy atom. The van der Waals surface area contributed by atoms with E-state index in [0.717, 1.165) is 31.8 Å². The van der Waals surface area contributed by atoms with Crippen molar-refractivity contribution in [2.75, 3.05) is 13.1 Å². The summed E-state index contributed by atoms with van der Waals surface area (Å²) in [6.45, 7) is 3.65. The molecule has 0 atom stereocenters. The molecule has 2 amide bonds. The minimum Gasteiger partial charge on any atom is -0.338 e. The van der Waals surface area contributed by atoms with Crippen molar-refractivity contribution in [3.05, 3.63) is 0 Å². The molecule has 0 unspecified atom stereocenters. The van der Waals surface area contributed by atoms with E-state index in [1.807, 2.05) is 6.92 Å². The molecule has 0 aromatic carbocycles. The standard InChI is InChI=1S/C10H20N2O/c1-2-7-11-10(13)12-8-3-4-9-5-6-9/h9H,2-8H2,1H3,(H2,11,12,13). The average Bonchev–Trinajstić information content (AvgIpc) is 2.92. The number of nitrogens with one attached hydrogen (secondary N) is 2. The van der Waals surface area contributed by atoms with Gasteiger partial charge in [0.25, 0.3) is 0 Å². The molecule has 3 heteroatoms. The highest BCUT2D eigenvalue weighted by atomic mass is 16.2. The third-order valence-corrected chi connectivity index (χ3v) is 2.31. The van der Waals surface area contributed by atoms with Gasteiger partial charge >= 0.3 is 6.03 Å². The molecule has 1 aliphatic rings. The van der Waals surface area contributed by atoms with Crippen LogP contribution in [0.2, 0.25) is 0 Å². The van der Waals surface area contributed by atoms with E-state index in [0.29, 0.717) is 0 Å². The lowest BCUT2D eigenvalue weighted by atomic mass is 10.2. The fraction of sp³-hybridized carbons (Fsp3) is 0.900. The largest absolute Gasteiger partial charge is 0.338 e. The van der Waals surface area contributed by atoms with Crippen LogP contribution < -0.4 is 10.6 Å². The Hall–Kier alpha value is -0.730. The molecule has 1 saturated carbocycles. The second-order valence-electron chi connectivity index (χ2n) is 3.77. The predicted molar refractivity (Wildman–Crippen MR) is 53.7 cm³/mol. The van der Waals surface area contributed by atoms with Crippen molar-refractivity contribution in [2.45, 2.75) is 39.0 Å². The topological polar surface area (TPSA) is 41.1 Å². The van der Waals surface area contributed by atoms with Crippen molar-refractivity contribution < 1.29 is 4.79 Å². The Morgan fingerprint density at radius 3 is 2.62 bits per heavy atom. The molecule has 1 fully saturated rings. The summed E-state index contributed by atoms with van der Waals surface area (Å²) in [4.78, 5) is 11.0. The molecule has 1 aliphatic carbocycles. The molecule has 0 bridgehead atoms. The van der Waals surface area contributed by atoms with Crippen LogP contribution in [0.1, 0.15) is 39.0 Å². The smallest absolute Gasteiger partial charge is 0.314 e. The van der Waals surface area contributed by atoms with Gasteiger partial charge in [-0.15, -0.1) is 0 Å². The summed E-state index contributed by atoms with van der Waals surface area (Å²) >= 11 is 0. The van der Waals surface area contributed by atoms with Gasteiger partial charge < -0.3 is 10.6 Å². The van der Waals surface area contributed by atoms with Gasteiger partial charge in [0.2, 0.25) is 0 Å². The van der Waals surface area contributed by atoms with Gasteiger partial charge in [0.05, 0.1) is 0 Å². The molecular formula is C10H20N2O. The van der Waals surface area contributed by atoms with Crippen LogP contribution in [0.15, 0.2) is 0 Å². The van der Waals surface area contributed by atoms with E-state index in [9.17, 15) is 4.79 Å². The van der Waals surface area contributed by atoms with Crippen molar-refractivity contribution in [3.63, 3.8) is 0 Å². The van der Waals surface area contributed by atoms with Gasteiger partial charge in [-0.3, -0.25) is 0 Å². The van der Waals surface area contributed by atoms with E-state index in [2.05, 4.69) is 10.6 Å². The molecule has 3 nitrogen and oxygen atoms in total. The van der Waals surface area contributed by atoms with Crippen molar-refractivity contribution >= 4 is 6.03 Å². The summed E-state index contributed by atoms with van der Waals surface area (Å²) in [6, 6.07) is -0.0161. The minimum atomic E-state index is -0.0161. The highest BCUT2D eigenvalue weighted by molar-refractivity contribution is 5.73. The van der Waals surface area contributed by atoms with Gasteiger partial charge in [-0.1, -0.05) is 19.8 Å². The quantitative estimate of drug-likeness (QED) is 0.608. The van der Waals surface area contributed by atoms with Crippen LogP contribution in [0.5, 0.6) is 0 Å². The maximum absolute atomic E-state index is 11.0. The van der Waals surface area contributed by atoms with E-state index >= 15 is 0 Å². The van der Waals surface area contributed by atoms with Crippen LogP contribution in [0.4, 0.5) is 4.79 Å². The lowest BCUT2D eigenvalue weighted by molar-refractivity contribution is 0.240. The second kappa shape index (κ2) is 5.84. The number of amides is 2. The Labute approximate surface area is 80.3 Å². The van der Waals surface area contributed by atoms with Crippen LogP contribution in [-0.2, 0) is 0 Å². The zero-order valence-electron chi connectivity index (χ0n) is 8.44. The normalized spacial score (nSPS) is 15.5. The first-order valence-corrected chi connectivity index (χ1v) is 5.34. The molecule has 13 heavy (non-hydrogen) atoms. The van der Waals surface area contributed by atoms with Gasteiger partial charge in [-0.05, 0) is 25.2 Å². The van der Waals surface area contributed by atoms with Gasteiger partial charge in [0, 0.05) is 13.1 Å². The van der Waals surface area contributed by atoms with E-state index < -0.39 is 0 Å². The fourth-order valence-electron chi connectivity index (χ4n) is 1.30. The SMILES string of the molecule is CCCNC(=O)NCCCC1CC1. The monoisotopic (exact) mass is 184 g/mol. The van der Waals surface area contributed by atoms with Crippen molar-refractivity contribution in [1.82, 2.24) is 10.6 Å². The van der Waals surface area contributed by atoms with Crippen LogP contribution in [-0.4, -0.2) is 19.1 Å². The van der Waals surface area contributed by atoms with Crippen molar-refractivity contribution in [3.8, 4) is 0 Å².